The van der Waals surface area contributed by atoms with Gasteiger partial charge < -0.3 is 0 Å². The molecule has 10 heavy (non-hydrogen) atoms. The summed E-state index contributed by atoms with van der Waals surface area (Å²) in [6.07, 6.45) is 2.19. The van der Waals surface area contributed by atoms with Crippen molar-refractivity contribution in [2.24, 2.45) is 0 Å². The van der Waals surface area contributed by atoms with E-state index in [1.165, 1.54) is 6.20 Å². The molecule has 3 nitrogen and oxygen atoms in total. The molecule has 0 amide bonds. The average molecular weight is 201 g/mol. The summed E-state index contributed by atoms with van der Waals surface area (Å²) >= 11 is 3.14. The molecule has 0 bridgehead atoms. The molecule has 0 N–H and O–H groups in total. The predicted octanol–water partition coefficient (Wildman–Crippen LogP) is 1.36. The second kappa shape index (κ2) is 2.88. The lowest BCUT2D eigenvalue weighted by atomic mass is 10.3. The van der Waals surface area contributed by atoms with E-state index in [1.54, 1.807) is 6.92 Å². The standard InChI is InChI=1S/C6H5BrN2O/c1-4-5(3-10)8-2-6(7)9-4/h2-3H,1H3. The Morgan fingerprint density at radius 2 is 2.40 bits per heavy atom. The van der Waals surface area contributed by atoms with E-state index in [0.29, 0.717) is 22.3 Å². The number of aldehydes is 1. The zero-order valence-corrected chi connectivity index (χ0v) is 6.92. The SMILES string of the molecule is Cc1nc(Br)cnc1C=O. The van der Waals surface area contributed by atoms with Gasteiger partial charge in [-0.05, 0) is 22.9 Å². The molecule has 0 aliphatic heterocycles. The number of aryl methyl sites for hydroxylation is 1. The minimum Gasteiger partial charge on any atom is -0.296 e. The number of hydrogen-bond donors (Lipinski definition) is 0. The zero-order chi connectivity index (χ0) is 7.56. The van der Waals surface area contributed by atoms with Gasteiger partial charge in [0.1, 0.15) is 10.3 Å². The molecule has 0 unspecified atom stereocenters. The first-order valence-corrected chi connectivity index (χ1v) is 3.47. The molecule has 0 fully saturated rings. The molecule has 0 aliphatic carbocycles. The summed E-state index contributed by atoms with van der Waals surface area (Å²) < 4.78 is 0.649. The third kappa shape index (κ3) is 1.39. The van der Waals surface area contributed by atoms with Crippen molar-refractivity contribution in [2.75, 3.05) is 0 Å². The quantitative estimate of drug-likeness (QED) is 0.644. The van der Waals surface area contributed by atoms with Gasteiger partial charge in [0.2, 0.25) is 0 Å². The topological polar surface area (TPSA) is 42.9 Å². The number of halogens is 1. The van der Waals surface area contributed by atoms with Crippen LogP contribution in [0.5, 0.6) is 0 Å². The van der Waals surface area contributed by atoms with Gasteiger partial charge in [0.25, 0.3) is 0 Å². The van der Waals surface area contributed by atoms with E-state index < -0.39 is 0 Å². The van der Waals surface area contributed by atoms with Crippen molar-refractivity contribution in [3.05, 3.63) is 22.2 Å². The zero-order valence-electron chi connectivity index (χ0n) is 5.34. The van der Waals surface area contributed by atoms with E-state index in [9.17, 15) is 4.79 Å². The Balaban J connectivity index is 3.19. The summed E-state index contributed by atoms with van der Waals surface area (Å²) in [5.74, 6) is 0. The van der Waals surface area contributed by atoms with Crippen molar-refractivity contribution in [3.8, 4) is 0 Å². The molecular formula is C6H5BrN2O. The molecular weight excluding hydrogens is 196 g/mol. The number of aromatic nitrogens is 2. The van der Waals surface area contributed by atoms with Crippen molar-refractivity contribution < 1.29 is 4.79 Å². The highest BCUT2D eigenvalue weighted by Crippen LogP contribution is 2.05. The molecule has 52 valence electrons. The number of carbonyl (C=O) groups excluding carboxylic acids is 1. The van der Waals surface area contributed by atoms with E-state index in [1.807, 2.05) is 0 Å². The maximum absolute atomic E-state index is 10.2. The van der Waals surface area contributed by atoms with Crippen molar-refractivity contribution in [1.29, 1.82) is 0 Å². The van der Waals surface area contributed by atoms with Crippen LogP contribution in [0.2, 0.25) is 0 Å². The number of hydrogen-bond acceptors (Lipinski definition) is 3. The maximum atomic E-state index is 10.2. The van der Waals surface area contributed by atoms with Crippen LogP contribution < -0.4 is 0 Å². The Morgan fingerprint density at radius 3 is 2.90 bits per heavy atom. The van der Waals surface area contributed by atoms with E-state index >= 15 is 0 Å². The highest BCUT2D eigenvalue weighted by molar-refractivity contribution is 9.10. The van der Waals surface area contributed by atoms with Crippen LogP contribution >= 0.6 is 15.9 Å². The van der Waals surface area contributed by atoms with Crippen molar-refractivity contribution >= 4 is 22.2 Å². The number of nitrogens with zero attached hydrogens (tertiary/aromatic N) is 2. The van der Waals surface area contributed by atoms with Crippen LogP contribution in [0.3, 0.4) is 0 Å². The molecule has 1 aromatic rings. The fourth-order valence-corrected chi connectivity index (χ4v) is 0.947. The molecule has 1 heterocycles. The third-order valence-corrected chi connectivity index (χ3v) is 1.45. The Bertz CT molecular complexity index is 262. The van der Waals surface area contributed by atoms with Crippen LogP contribution in [0.15, 0.2) is 10.8 Å². The summed E-state index contributed by atoms with van der Waals surface area (Å²) in [7, 11) is 0. The van der Waals surface area contributed by atoms with Gasteiger partial charge in [-0.1, -0.05) is 0 Å². The minimum absolute atomic E-state index is 0.392. The van der Waals surface area contributed by atoms with Gasteiger partial charge in [-0.15, -0.1) is 0 Å². The Kier molecular flexibility index (Phi) is 2.11. The molecule has 4 heteroatoms. The molecule has 0 aliphatic rings. The molecule has 1 aromatic heterocycles. The lowest BCUT2D eigenvalue weighted by molar-refractivity contribution is 0.111. The van der Waals surface area contributed by atoms with Crippen LogP contribution in [0.25, 0.3) is 0 Å². The minimum atomic E-state index is 0.392. The summed E-state index contributed by atoms with van der Waals surface area (Å²) in [6.45, 7) is 1.74. The normalized spacial score (nSPS) is 9.40. The Labute approximate surface area is 66.6 Å². The second-order valence-corrected chi connectivity index (χ2v) is 2.59. The summed E-state index contributed by atoms with van der Waals surface area (Å²) in [4.78, 5) is 18.0. The van der Waals surface area contributed by atoms with Gasteiger partial charge >= 0.3 is 0 Å². The van der Waals surface area contributed by atoms with Crippen LogP contribution in [0.4, 0.5) is 0 Å². The molecule has 0 aromatic carbocycles. The smallest absolute Gasteiger partial charge is 0.170 e. The van der Waals surface area contributed by atoms with Gasteiger partial charge in [-0.3, -0.25) is 4.79 Å². The molecule has 0 spiro atoms. The summed E-state index contributed by atoms with van der Waals surface area (Å²) in [5, 5.41) is 0. The monoisotopic (exact) mass is 200 g/mol. The first-order chi connectivity index (χ1) is 4.74. The Morgan fingerprint density at radius 1 is 1.70 bits per heavy atom. The third-order valence-electron chi connectivity index (χ3n) is 1.07. The van der Waals surface area contributed by atoms with E-state index in [4.69, 9.17) is 0 Å². The number of rotatable bonds is 1. The van der Waals surface area contributed by atoms with Crippen molar-refractivity contribution in [3.63, 3.8) is 0 Å². The Hall–Kier alpha value is -0.770. The lowest BCUT2D eigenvalue weighted by Gasteiger charge is -1.94. The van der Waals surface area contributed by atoms with Gasteiger partial charge in [0, 0.05) is 0 Å². The van der Waals surface area contributed by atoms with E-state index in [0.717, 1.165) is 0 Å². The highest BCUT2D eigenvalue weighted by Gasteiger charge is 1.98. The van der Waals surface area contributed by atoms with E-state index in [-0.39, 0.29) is 0 Å². The largest absolute Gasteiger partial charge is 0.296 e. The average Bonchev–Trinajstić information content (AvgIpc) is 1.88. The van der Waals surface area contributed by atoms with Crippen LogP contribution in [-0.2, 0) is 0 Å². The van der Waals surface area contributed by atoms with Crippen molar-refractivity contribution in [2.45, 2.75) is 6.92 Å². The summed E-state index contributed by atoms with van der Waals surface area (Å²) in [5.41, 5.74) is 1.03. The van der Waals surface area contributed by atoms with Crippen molar-refractivity contribution in [1.82, 2.24) is 9.97 Å². The van der Waals surface area contributed by atoms with Gasteiger partial charge in [-0.25, -0.2) is 9.97 Å². The first-order valence-electron chi connectivity index (χ1n) is 2.68. The highest BCUT2D eigenvalue weighted by atomic mass is 79.9. The van der Waals surface area contributed by atoms with Crippen LogP contribution in [0.1, 0.15) is 16.2 Å². The van der Waals surface area contributed by atoms with Gasteiger partial charge in [0.15, 0.2) is 6.29 Å². The fourth-order valence-electron chi connectivity index (χ4n) is 0.578. The summed E-state index contributed by atoms with van der Waals surface area (Å²) in [6, 6.07) is 0. The number of carbonyl (C=O) groups is 1. The molecule has 0 saturated carbocycles. The van der Waals surface area contributed by atoms with Gasteiger partial charge in [0.05, 0.1) is 11.9 Å². The maximum Gasteiger partial charge on any atom is 0.170 e. The second-order valence-electron chi connectivity index (χ2n) is 1.78. The lowest BCUT2D eigenvalue weighted by Crippen LogP contribution is -1.94. The molecule has 1 rings (SSSR count). The fraction of sp³-hybridized carbons (Fsp3) is 0.167. The van der Waals surface area contributed by atoms with E-state index in [2.05, 4.69) is 25.9 Å². The first kappa shape index (κ1) is 7.34. The molecule has 0 atom stereocenters. The van der Waals surface area contributed by atoms with Gasteiger partial charge in [-0.2, -0.15) is 0 Å². The van der Waals surface area contributed by atoms with Crippen LogP contribution in [0, 0.1) is 6.92 Å². The molecule has 0 radical (unpaired) electrons. The van der Waals surface area contributed by atoms with Crippen LogP contribution in [-0.4, -0.2) is 16.3 Å². The molecule has 0 saturated heterocycles. The predicted molar refractivity (Wildman–Crippen MR) is 39.9 cm³/mol.